The van der Waals surface area contributed by atoms with E-state index in [0.29, 0.717) is 17.3 Å². The second-order valence-electron chi connectivity index (χ2n) is 9.33. The summed E-state index contributed by atoms with van der Waals surface area (Å²) in [5, 5.41) is 4.65. The predicted molar refractivity (Wildman–Crippen MR) is 121 cm³/mol. The van der Waals surface area contributed by atoms with Crippen LogP contribution in [-0.2, 0) is 16.0 Å². The molecule has 32 heavy (non-hydrogen) atoms. The van der Waals surface area contributed by atoms with E-state index >= 15 is 0 Å². The molecule has 2 heterocycles. The fourth-order valence-electron chi connectivity index (χ4n) is 3.89. The number of amides is 1. The molecule has 1 saturated heterocycles. The van der Waals surface area contributed by atoms with Crippen molar-refractivity contribution in [2.45, 2.75) is 65.5 Å². The molecule has 0 saturated carbocycles. The van der Waals surface area contributed by atoms with Crippen molar-refractivity contribution in [3.63, 3.8) is 0 Å². The summed E-state index contributed by atoms with van der Waals surface area (Å²) in [6.07, 6.45) is 3.93. The Morgan fingerprint density at radius 3 is 2.38 bits per heavy atom. The highest BCUT2D eigenvalue weighted by Gasteiger charge is 2.26. The van der Waals surface area contributed by atoms with Gasteiger partial charge in [-0.1, -0.05) is 12.1 Å². The zero-order valence-corrected chi connectivity index (χ0v) is 19.8. The molecular weight excluding hydrogens is 408 g/mol. The minimum atomic E-state index is -0.453. The minimum Gasteiger partial charge on any atom is -0.465 e. The quantitative estimate of drug-likeness (QED) is 0.614. The van der Waals surface area contributed by atoms with Crippen LogP contribution in [0.5, 0.6) is 0 Å². The van der Waals surface area contributed by atoms with Crippen molar-refractivity contribution in [2.75, 3.05) is 20.2 Å². The minimum absolute atomic E-state index is 0.207. The molecule has 0 atom stereocenters. The lowest BCUT2D eigenvalue weighted by molar-refractivity contribution is 0.0180. The average molecular weight is 443 g/mol. The third-order valence-electron chi connectivity index (χ3n) is 5.67. The van der Waals surface area contributed by atoms with E-state index < -0.39 is 5.60 Å². The summed E-state index contributed by atoms with van der Waals surface area (Å²) < 4.78 is 12.2. The Kier molecular flexibility index (Phi) is 7.53. The molecule has 1 aliphatic heterocycles. The van der Waals surface area contributed by atoms with Crippen molar-refractivity contribution < 1.29 is 19.1 Å². The third-order valence-corrected chi connectivity index (χ3v) is 5.67. The van der Waals surface area contributed by atoms with Crippen LogP contribution in [0, 0.1) is 12.8 Å². The lowest BCUT2D eigenvalue weighted by Gasteiger charge is -2.33. The second-order valence-corrected chi connectivity index (χ2v) is 9.33. The molecule has 1 aromatic heterocycles. The van der Waals surface area contributed by atoms with Crippen LogP contribution in [0.4, 0.5) is 4.79 Å². The monoisotopic (exact) mass is 442 g/mol. The van der Waals surface area contributed by atoms with E-state index in [-0.39, 0.29) is 12.1 Å². The molecule has 0 unspecified atom stereocenters. The third kappa shape index (κ3) is 6.31. The van der Waals surface area contributed by atoms with Crippen molar-refractivity contribution in [2.24, 2.45) is 5.92 Å². The number of hydrogen-bond acceptors (Lipinski definition) is 6. The Morgan fingerprint density at radius 2 is 1.78 bits per heavy atom. The van der Waals surface area contributed by atoms with E-state index in [1.165, 1.54) is 7.11 Å². The molecule has 174 valence electrons. The molecule has 1 aromatic carbocycles. The molecule has 3 rings (SSSR count). The summed E-state index contributed by atoms with van der Waals surface area (Å²) in [6, 6.07) is 7.12. The number of esters is 1. The van der Waals surface area contributed by atoms with Crippen LogP contribution in [0.1, 0.15) is 62.6 Å². The van der Waals surface area contributed by atoms with Crippen molar-refractivity contribution >= 4 is 12.1 Å². The zero-order valence-electron chi connectivity index (χ0n) is 19.8. The highest BCUT2D eigenvalue weighted by atomic mass is 16.6. The Balaban J connectivity index is 1.47. The summed E-state index contributed by atoms with van der Waals surface area (Å²) >= 11 is 0. The number of aryl methyl sites for hydroxylation is 2. The van der Waals surface area contributed by atoms with Crippen LogP contribution < -0.4 is 0 Å². The summed E-state index contributed by atoms with van der Waals surface area (Å²) in [4.78, 5) is 30.2. The normalized spacial score (nSPS) is 15.0. The maximum atomic E-state index is 12.2. The van der Waals surface area contributed by atoms with Crippen molar-refractivity contribution in [1.29, 1.82) is 0 Å². The number of nitrogens with zero attached hydrogens (tertiary/aromatic N) is 4. The smallest absolute Gasteiger partial charge is 0.410 e. The standard InChI is InChI=1S/C24H34N4O4/c1-17-25-21(19-8-10-20(11-9-19)22(29)31-5)26-28(17)14-6-7-18-12-15-27(16-13-18)23(30)32-24(2,3)4/h8-11,18H,6-7,12-16H2,1-5H3. The molecule has 0 radical (unpaired) electrons. The Morgan fingerprint density at radius 1 is 1.12 bits per heavy atom. The van der Waals surface area contributed by atoms with Crippen molar-refractivity contribution in [3.05, 3.63) is 35.7 Å². The first-order valence-corrected chi connectivity index (χ1v) is 11.2. The zero-order chi connectivity index (χ0) is 23.3. The van der Waals surface area contributed by atoms with Gasteiger partial charge in [0, 0.05) is 25.2 Å². The molecule has 8 heteroatoms. The number of piperidine rings is 1. The molecule has 1 fully saturated rings. The highest BCUT2D eigenvalue weighted by Crippen LogP contribution is 2.24. The fraction of sp³-hybridized carbons (Fsp3) is 0.583. The number of likely N-dealkylation sites (tertiary alicyclic amines) is 1. The first-order valence-electron chi connectivity index (χ1n) is 11.2. The first-order chi connectivity index (χ1) is 15.2. The molecule has 1 aliphatic rings. The molecule has 0 aliphatic carbocycles. The van der Waals surface area contributed by atoms with Gasteiger partial charge in [0.05, 0.1) is 12.7 Å². The summed E-state index contributed by atoms with van der Waals surface area (Å²) in [5.41, 5.74) is 0.922. The van der Waals surface area contributed by atoms with Crippen LogP contribution in [0.3, 0.4) is 0 Å². The molecular formula is C24H34N4O4. The van der Waals surface area contributed by atoms with E-state index in [1.807, 2.05) is 49.4 Å². The molecule has 0 bridgehead atoms. The average Bonchev–Trinajstić information content (AvgIpc) is 3.13. The number of rotatable bonds is 6. The fourth-order valence-corrected chi connectivity index (χ4v) is 3.89. The first kappa shape index (κ1) is 23.8. The lowest BCUT2D eigenvalue weighted by atomic mass is 9.92. The number of benzene rings is 1. The van der Waals surface area contributed by atoms with E-state index in [2.05, 4.69) is 10.1 Å². The number of aromatic nitrogens is 3. The van der Waals surface area contributed by atoms with Crippen LogP contribution in [-0.4, -0.2) is 57.5 Å². The SMILES string of the molecule is COC(=O)c1ccc(-c2nc(C)n(CCCC3CCN(C(=O)OC(C)(C)C)CC3)n2)cc1. The summed E-state index contributed by atoms with van der Waals surface area (Å²) in [5.74, 6) is 1.78. The Bertz CT molecular complexity index is 922. The van der Waals surface area contributed by atoms with Gasteiger partial charge in [0.15, 0.2) is 5.82 Å². The van der Waals surface area contributed by atoms with Gasteiger partial charge in [0.2, 0.25) is 0 Å². The number of methoxy groups -OCH3 is 1. The van der Waals surface area contributed by atoms with Gasteiger partial charge in [-0.2, -0.15) is 5.10 Å². The van der Waals surface area contributed by atoms with E-state index in [4.69, 9.17) is 9.47 Å². The maximum absolute atomic E-state index is 12.2. The maximum Gasteiger partial charge on any atom is 0.410 e. The van der Waals surface area contributed by atoms with Crippen LogP contribution in [0.2, 0.25) is 0 Å². The van der Waals surface area contributed by atoms with Gasteiger partial charge in [-0.05, 0) is 71.4 Å². The van der Waals surface area contributed by atoms with Crippen LogP contribution in [0.25, 0.3) is 11.4 Å². The van der Waals surface area contributed by atoms with Crippen LogP contribution >= 0.6 is 0 Å². The van der Waals surface area contributed by atoms with Gasteiger partial charge in [-0.25, -0.2) is 19.3 Å². The lowest BCUT2D eigenvalue weighted by Crippen LogP contribution is -2.41. The van der Waals surface area contributed by atoms with Crippen molar-refractivity contribution in [1.82, 2.24) is 19.7 Å². The second kappa shape index (κ2) is 10.1. The molecule has 2 aromatic rings. The number of ether oxygens (including phenoxy) is 2. The van der Waals surface area contributed by atoms with Gasteiger partial charge in [-0.15, -0.1) is 0 Å². The number of carbonyl (C=O) groups is 2. The molecule has 8 nitrogen and oxygen atoms in total. The summed E-state index contributed by atoms with van der Waals surface area (Å²) in [7, 11) is 1.37. The van der Waals surface area contributed by atoms with Gasteiger partial charge < -0.3 is 14.4 Å². The highest BCUT2D eigenvalue weighted by molar-refractivity contribution is 5.89. The van der Waals surface area contributed by atoms with Gasteiger partial charge >= 0.3 is 12.1 Å². The number of hydrogen-bond donors (Lipinski definition) is 0. The van der Waals surface area contributed by atoms with E-state index in [0.717, 1.165) is 56.7 Å². The van der Waals surface area contributed by atoms with Crippen molar-refractivity contribution in [3.8, 4) is 11.4 Å². The van der Waals surface area contributed by atoms with Gasteiger partial charge in [0.25, 0.3) is 0 Å². The molecule has 0 spiro atoms. The van der Waals surface area contributed by atoms with Gasteiger partial charge in [-0.3, -0.25) is 0 Å². The molecule has 1 amide bonds. The van der Waals surface area contributed by atoms with E-state index in [1.54, 1.807) is 12.1 Å². The topological polar surface area (TPSA) is 86.6 Å². The summed E-state index contributed by atoms with van der Waals surface area (Å²) in [6.45, 7) is 9.97. The van der Waals surface area contributed by atoms with Crippen LogP contribution in [0.15, 0.2) is 24.3 Å². The largest absolute Gasteiger partial charge is 0.465 e. The molecule has 0 N–H and O–H groups in total. The number of carbonyl (C=O) groups excluding carboxylic acids is 2. The van der Waals surface area contributed by atoms with Gasteiger partial charge in [0.1, 0.15) is 11.4 Å². The van der Waals surface area contributed by atoms with E-state index in [9.17, 15) is 9.59 Å². The Hall–Kier alpha value is -2.90. The Labute approximate surface area is 189 Å². The predicted octanol–water partition coefficient (Wildman–Crippen LogP) is 4.47.